The number of ether oxygens (including phenoxy) is 1. The highest BCUT2D eigenvalue weighted by Gasteiger charge is 2.18. The molecule has 0 aliphatic carbocycles. The van der Waals surface area contributed by atoms with E-state index in [0.29, 0.717) is 31.1 Å². The first-order valence-corrected chi connectivity index (χ1v) is 13.9. The normalized spacial score (nSPS) is 14.0. The highest BCUT2D eigenvalue weighted by Crippen LogP contribution is 2.26. The van der Waals surface area contributed by atoms with Gasteiger partial charge in [-0.15, -0.1) is 0 Å². The molecule has 1 saturated heterocycles. The largest absolute Gasteiger partial charge is 0.493 e. The number of piperidine rings is 1. The highest BCUT2D eigenvalue weighted by atomic mass is 32.2. The molecule has 3 heterocycles. The summed E-state index contributed by atoms with van der Waals surface area (Å²) in [7, 11) is -2.22. The predicted octanol–water partition coefficient (Wildman–Crippen LogP) is 4.23. The fraction of sp³-hybridized carbons (Fsp3) is 0.407. The number of hydrogen-bond acceptors (Lipinski definition) is 7. The Balaban J connectivity index is 1.34. The Morgan fingerprint density at radius 1 is 0.972 bits per heavy atom. The van der Waals surface area contributed by atoms with Crippen molar-refractivity contribution in [2.45, 2.75) is 51.0 Å². The minimum absolute atomic E-state index is 0.0703. The van der Waals surface area contributed by atoms with E-state index in [1.807, 2.05) is 26.0 Å². The van der Waals surface area contributed by atoms with E-state index in [1.54, 1.807) is 0 Å². The molecule has 0 saturated carbocycles. The molecule has 4 rings (SSSR count). The molecule has 0 spiro atoms. The van der Waals surface area contributed by atoms with Crippen molar-refractivity contribution in [1.82, 2.24) is 14.7 Å². The maximum atomic E-state index is 12.9. The Kier molecular flexibility index (Phi) is 8.43. The average Bonchev–Trinajstić information content (AvgIpc) is 2.87. The first-order valence-electron chi connectivity index (χ1n) is 12.4. The maximum Gasteiger partial charge on any atom is 0.242 e. The second kappa shape index (κ2) is 11.7. The SMILES string of the molecule is COc1cc(S(=O)(=O)NCCc2ccc(N3CCCCC3)cc2)cnc1NCc1cc(C)nc(C)c1. The summed E-state index contributed by atoms with van der Waals surface area (Å²) in [5, 5.41) is 3.22. The first kappa shape index (κ1) is 25.9. The number of pyridine rings is 2. The van der Waals surface area contributed by atoms with E-state index < -0.39 is 10.0 Å². The van der Waals surface area contributed by atoms with Gasteiger partial charge < -0.3 is 15.0 Å². The van der Waals surface area contributed by atoms with Crippen molar-refractivity contribution in [1.29, 1.82) is 0 Å². The van der Waals surface area contributed by atoms with Gasteiger partial charge in [-0.2, -0.15) is 0 Å². The molecule has 0 bridgehead atoms. The van der Waals surface area contributed by atoms with E-state index in [-0.39, 0.29) is 4.90 Å². The summed E-state index contributed by atoms with van der Waals surface area (Å²) in [6.45, 7) is 6.93. The van der Waals surface area contributed by atoms with E-state index in [0.717, 1.165) is 35.6 Å². The number of aryl methyl sites for hydroxylation is 2. The third-order valence-corrected chi connectivity index (χ3v) is 7.75. The molecule has 3 aromatic rings. The Hall–Kier alpha value is -3.17. The molecule has 1 aliphatic rings. The van der Waals surface area contributed by atoms with Crippen LogP contribution < -0.4 is 19.7 Å². The molecule has 0 atom stereocenters. The van der Waals surface area contributed by atoms with Crippen molar-refractivity contribution >= 4 is 21.5 Å². The van der Waals surface area contributed by atoms with Gasteiger partial charge in [0.05, 0.1) is 7.11 Å². The lowest BCUT2D eigenvalue weighted by Gasteiger charge is -2.28. The third-order valence-electron chi connectivity index (χ3n) is 6.32. The quantitative estimate of drug-likeness (QED) is 0.422. The molecule has 9 heteroatoms. The fourth-order valence-corrected chi connectivity index (χ4v) is 5.50. The van der Waals surface area contributed by atoms with Gasteiger partial charge in [0.2, 0.25) is 10.0 Å². The number of sulfonamides is 1. The van der Waals surface area contributed by atoms with Gasteiger partial charge in [-0.1, -0.05) is 12.1 Å². The van der Waals surface area contributed by atoms with Crippen LogP contribution in [0.5, 0.6) is 5.75 Å². The molecule has 1 aliphatic heterocycles. The van der Waals surface area contributed by atoms with E-state index in [1.165, 1.54) is 44.3 Å². The van der Waals surface area contributed by atoms with Crippen molar-refractivity contribution in [2.24, 2.45) is 0 Å². The lowest BCUT2D eigenvalue weighted by atomic mass is 10.1. The van der Waals surface area contributed by atoms with Gasteiger partial charge in [0.25, 0.3) is 0 Å². The van der Waals surface area contributed by atoms with Gasteiger partial charge in [0.15, 0.2) is 11.6 Å². The van der Waals surface area contributed by atoms with Crippen molar-refractivity contribution in [3.8, 4) is 5.75 Å². The maximum absolute atomic E-state index is 12.9. The monoisotopic (exact) mass is 509 g/mol. The first-order chi connectivity index (χ1) is 17.3. The zero-order valence-electron chi connectivity index (χ0n) is 21.3. The topological polar surface area (TPSA) is 96.5 Å². The number of rotatable bonds is 10. The molecule has 1 fully saturated rings. The molecular formula is C27H35N5O3S. The van der Waals surface area contributed by atoms with Crippen LogP contribution in [-0.2, 0) is 23.0 Å². The van der Waals surface area contributed by atoms with Crippen molar-refractivity contribution in [2.75, 3.05) is 37.0 Å². The number of aromatic nitrogens is 2. The predicted molar refractivity (Wildman–Crippen MR) is 143 cm³/mol. The van der Waals surface area contributed by atoms with Crippen LogP contribution in [0.2, 0.25) is 0 Å². The van der Waals surface area contributed by atoms with Crippen LogP contribution in [0.15, 0.2) is 53.6 Å². The van der Waals surface area contributed by atoms with Crippen molar-refractivity contribution in [3.05, 3.63) is 71.2 Å². The molecule has 2 N–H and O–H groups in total. The summed E-state index contributed by atoms with van der Waals surface area (Å²) in [4.78, 5) is 11.2. The van der Waals surface area contributed by atoms with Gasteiger partial charge in [0.1, 0.15) is 4.90 Å². The van der Waals surface area contributed by atoms with E-state index in [9.17, 15) is 8.42 Å². The Morgan fingerprint density at radius 3 is 2.33 bits per heavy atom. The Morgan fingerprint density at radius 2 is 1.67 bits per heavy atom. The summed E-state index contributed by atoms with van der Waals surface area (Å²) in [6.07, 6.45) is 5.74. The zero-order chi connectivity index (χ0) is 25.5. The lowest BCUT2D eigenvalue weighted by Crippen LogP contribution is -2.29. The summed E-state index contributed by atoms with van der Waals surface area (Å²) in [6, 6.07) is 13.9. The van der Waals surface area contributed by atoms with Crippen LogP contribution in [0.3, 0.4) is 0 Å². The highest BCUT2D eigenvalue weighted by molar-refractivity contribution is 7.89. The molecule has 2 aromatic heterocycles. The molecule has 0 unspecified atom stereocenters. The standard InChI is InChI=1S/C27H35N5O3S/c1-20-15-23(16-21(2)31-20)18-28-27-26(35-3)17-25(19-29-27)36(33,34)30-12-11-22-7-9-24(10-8-22)32-13-5-4-6-14-32/h7-10,15-17,19,30H,4-6,11-14,18H2,1-3H3,(H,28,29). The minimum atomic E-state index is -3.72. The number of benzene rings is 1. The second-order valence-electron chi connectivity index (χ2n) is 9.20. The van der Waals surface area contributed by atoms with Crippen LogP contribution in [0.4, 0.5) is 11.5 Å². The van der Waals surface area contributed by atoms with E-state index >= 15 is 0 Å². The smallest absolute Gasteiger partial charge is 0.242 e. The van der Waals surface area contributed by atoms with Crippen LogP contribution in [0.1, 0.15) is 41.8 Å². The van der Waals surface area contributed by atoms with Crippen LogP contribution in [-0.4, -0.2) is 45.1 Å². The molecular weight excluding hydrogens is 474 g/mol. The average molecular weight is 510 g/mol. The lowest BCUT2D eigenvalue weighted by molar-refractivity contribution is 0.413. The Labute approximate surface area is 214 Å². The number of methoxy groups -OCH3 is 1. The third kappa shape index (κ3) is 6.73. The summed E-state index contributed by atoms with van der Waals surface area (Å²) >= 11 is 0. The molecule has 0 radical (unpaired) electrons. The van der Waals surface area contributed by atoms with Gasteiger partial charge >= 0.3 is 0 Å². The van der Waals surface area contributed by atoms with Crippen molar-refractivity contribution < 1.29 is 13.2 Å². The molecule has 192 valence electrons. The zero-order valence-corrected chi connectivity index (χ0v) is 22.1. The van der Waals surface area contributed by atoms with Crippen molar-refractivity contribution in [3.63, 3.8) is 0 Å². The molecule has 0 amide bonds. The number of hydrogen-bond donors (Lipinski definition) is 2. The molecule has 1 aromatic carbocycles. The van der Waals surface area contributed by atoms with E-state index in [4.69, 9.17) is 4.74 Å². The Bertz CT molecular complexity index is 1250. The van der Waals surface area contributed by atoms with Gasteiger partial charge in [-0.3, -0.25) is 4.98 Å². The fourth-order valence-electron chi connectivity index (χ4n) is 4.51. The number of nitrogens with one attached hydrogen (secondary N) is 2. The van der Waals surface area contributed by atoms with Gasteiger partial charge in [-0.05, 0) is 74.9 Å². The van der Waals surface area contributed by atoms with Crippen LogP contribution in [0, 0.1) is 13.8 Å². The minimum Gasteiger partial charge on any atom is -0.493 e. The number of nitrogens with zero attached hydrogens (tertiary/aromatic N) is 3. The van der Waals surface area contributed by atoms with Gasteiger partial charge in [-0.25, -0.2) is 18.1 Å². The second-order valence-corrected chi connectivity index (χ2v) is 11.0. The summed E-state index contributed by atoms with van der Waals surface area (Å²) in [5.41, 5.74) is 5.27. The summed E-state index contributed by atoms with van der Waals surface area (Å²) < 4.78 is 33.9. The van der Waals surface area contributed by atoms with E-state index in [2.05, 4.69) is 49.2 Å². The molecule has 8 nitrogen and oxygen atoms in total. The van der Waals surface area contributed by atoms with Gasteiger partial charge in [0, 0.05) is 55.5 Å². The van der Waals surface area contributed by atoms with Crippen LogP contribution in [0.25, 0.3) is 0 Å². The number of anilines is 2. The van der Waals surface area contributed by atoms with Crippen LogP contribution >= 0.6 is 0 Å². The summed E-state index contributed by atoms with van der Waals surface area (Å²) in [5.74, 6) is 0.853. The molecule has 36 heavy (non-hydrogen) atoms.